The molecule has 2 aliphatic heterocycles. The van der Waals surface area contributed by atoms with E-state index < -0.39 is 10.0 Å². The van der Waals surface area contributed by atoms with Crippen molar-refractivity contribution >= 4 is 49.2 Å². The standard InChI is InChI=1S/C23H26N8O2S2/c1-14-11-19(30-29-14)26-21-18-8-10-34-22(18)28-23(27-21)25-15-12-16-5-4-6-17(13-15)31(16)35(32,33)20-7-2-3-9-24-20/h2-3,7-11,15-17H,4-6,12-13H2,1H3,(H3,25,26,27,28,29,30)/t15?,16-,17+. The summed E-state index contributed by atoms with van der Waals surface area (Å²) in [6, 6.07) is 8.90. The molecule has 0 aliphatic carbocycles. The lowest BCUT2D eigenvalue weighted by atomic mass is 9.84. The average Bonchev–Trinajstić information content (AvgIpc) is 3.48. The fraction of sp³-hybridized carbons (Fsp3) is 0.391. The maximum Gasteiger partial charge on any atom is 0.261 e. The molecular weight excluding hydrogens is 484 g/mol. The summed E-state index contributed by atoms with van der Waals surface area (Å²) in [6.45, 7) is 1.95. The predicted molar refractivity (Wildman–Crippen MR) is 135 cm³/mol. The first-order valence-electron chi connectivity index (χ1n) is 11.7. The molecule has 12 heteroatoms. The molecule has 0 spiro atoms. The van der Waals surface area contributed by atoms with E-state index in [2.05, 4.69) is 25.8 Å². The van der Waals surface area contributed by atoms with Crippen LogP contribution in [0.15, 0.2) is 46.9 Å². The van der Waals surface area contributed by atoms with Crippen LogP contribution in [0.3, 0.4) is 0 Å². The van der Waals surface area contributed by atoms with Gasteiger partial charge < -0.3 is 10.6 Å². The van der Waals surface area contributed by atoms with Crippen molar-refractivity contribution < 1.29 is 8.42 Å². The summed E-state index contributed by atoms with van der Waals surface area (Å²) in [5.74, 6) is 1.93. The zero-order valence-electron chi connectivity index (χ0n) is 19.2. The number of pyridine rings is 1. The van der Waals surface area contributed by atoms with E-state index in [1.165, 1.54) is 6.20 Å². The molecule has 2 aliphatic rings. The Morgan fingerprint density at radius 1 is 1.14 bits per heavy atom. The molecule has 0 radical (unpaired) electrons. The predicted octanol–water partition coefficient (Wildman–Crippen LogP) is 4.05. The molecule has 182 valence electrons. The molecule has 0 aromatic carbocycles. The number of aryl methyl sites for hydroxylation is 1. The van der Waals surface area contributed by atoms with Gasteiger partial charge in [0, 0.05) is 36.1 Å². The number of piperidine rings is 2. The van der Waals surface area contributed by atoms with Gasteiger partial charge in [-0.25, -0.2) is 18.4 Å². The molecule has 4 aromatic heterocycles. The second-order valence-electron chi connectivity index (χ2n) is 9.15. The fourth-order valence-corrected chi connectivity index (χ4v) is 7.85. The fourth-order valence-electron chi connectivity index (χ4n) is 5.26. The van der Waals surface area contributed by atoms with Crippen LogP contribution in [0, 0.1) is 6.92 Å². The molecule has 0 saturated carbocycles. The van der Waals surface area contributed by atoms with Crippen LogP contribution < -0.4 is 10.6 Å². The molecule has 2 fully saturated rings. The molecule has 6 rings (SSSR count). The van der Waals surface area contributed by atoms with E-state index in [0.29, 0.717) is 30.4 Å². The van der Waals surface area contributed by atoms with Crippen molar-refractivity contribution in [3.05, 3.63) is 47.6 Å². The SMILES string of the molecule is Cc1cc(Nc2nc(NC3C[C@H]4CCC[C@@H](C3)N4S(=O)(=O)c3ccccn3)nc3sccc23)n[nH]1. The monoisotopic (exact) mass is 510 g/mol. The Balaban J connectivity index is 1.25. The van der Waals surface area contributed by atoms with Crippen LogP contribution in [0.25, 0.3) is 10.2 Å². The zero-order chi connectivity index (χ0) is 24.0. The summed E-state index contributed by atoms with van der Waals surface area (Å²) >= 11 is 1.56. The van der Waals surface area contributed by atoms with Crippen molar-refractivity contribution in [2.75, 3.05) is 10.6 Å². The molecule has 3 N–H and O–H groups in total. The number of nitrogens with one attached hydrogen (secondary N) is 3. The van der Waals surface area contributed by atoms with Crippen molar-refractivity contribution in [1.29, 1.82) is 0 Å². The third-order valence-electron chi connectivity index (χ3n) is 6.70. The lowest BCUT2D eigenvalue weighted by Gasteiger charge is -2.47. The Hall–Kier alpha value is -3.09. The maximum atomic E-state index is 13.4. The first kappa shape index (κ1) is 22.4. The molecule has 4 aromatic rings. The van der Waals surface area contributed by atoms with E-state index in [-0.39, 0.29) is 23.2 Å². The van der Waals surface area contributed by atoms with Crippen molar-refractivity contribution in [3.8, 4) is 0 Å². The van der Waals surface area contributed by atoms with E-state index in [4.69, 9.17) is 9.97 Å². The second kappa shape index (κ2) is 8.85. The van der Waals surface area contributed by atoms with Gasteiger partial charge in [0.15, 0.2) is 10.8 Å². The highest BCUT2D eigenvalue weighted by Crippen LogP contribution is 2.39. The molecular formula is C23H26N8O2S2. The summed E-state index contributed by atoms with van der Waals surface area (Å²) in [4.78, 5) is 14.5. The number of aromatic nitrogens is 5. The van der Waals surface area contributed by atoms with E-state index >= 15 is 0 Å². The first-order chi connectivity index (χ1) is 17.0. The largest absolute Gasteiger partial charge is 0.351 e. The lowest BCUT2D eigenvalue weighted by Crippen LogP contribution is -2.57. The van der Waals surface area contributed by atoms with E-state index in [9.17, 15) is 8.42 Å². The van der Waals surface area contributed by atoms with E-state index in [0.717, 1.165) is 35.2 Å². The van der Waals surface area contributed by atoms with Gasteiger partial charge in [0.05, 0.1) is 5.39 Å². The number of sulfonamides is 1. The molecule has 10 nitrogen and oxygen atoms in total. The highest BCUT2D eigenvalue weighted by Gasteiger charge is 2.45. The van der Waals surface area contributed by atoms with Gasteiger partial charge in [-0.1, -0.05) is 12.5 Å². The van der Waals surface area contributed by atoms with Crippen molar-refractivity contribution in [1.82, 2.24) is 29.5 Å². The molecule has 3 atom stereocenters. The van der Waals surface area contributed by atoms with E-state index in [1.807, 2.05) is 24.4 Å². The van der Waals surface area contributed by atoms with Crippen molar-refractivity contribution in [3.63, 3.8) is 0 Å². The van der Waals surface area contributed by atoms with Gasteiger partial charge in [0.25, 0.3) is 10.0 Å². The molecule has 6 heterocycles. The topological polar surface area (TPSA) is 129 Å². The number of rotatable bonds is 6. The number of hydrogen-bond donors (Lipinski definition) is 3. The Bertz CT molecular complexity index is 1440. The van der Waals surface area contributed by atoms with Crippen LogP contribution >= 0.6 is 11.3 Å². The number of anilines is 3. The van der Waals surface area contributed by atoms with Crippen LogP contribution in [-0.2, 0) is 10.0 Å². The molecule has 2 bridgehead atoms. The number of thiophene rings is 1. The van der Waals surface area contributed by atoms with Crippen molar-refractivity contribution in [2.45, 2.75) is 62.2 Å². The smallest absolute Gasteiger partial charge is 0.261 e. The third-order valence-corrected chi connectivity index (χ3v) is 9.43. The Morgan fingerprint density at radius 2 is 1.97 bits per heavy atom. The lowest BCUT2D eigenvalue weighted by molar-refractivity contribution is 0.115. The molecule has 2 saturated heterocycles. The quantitative estimate of drug-likeness (QED) is 0.354. The van der Waals surface area contributed by atoms with Crippen LogP contribution in [0.2, 0.25) is 0 Å². The number of nitrogens with zero attached hydrogens (tertiary/aromatic N) is 5. The average molecular weight is 511 g/mol. The highest BCUT2D eigenvalue weighted by atomic mass is 32.2. The number of fused-ring (bicyclic) bond motifs is 3. The van der Waals surface area contributed by atoms with Gasteiger partial charge >= 0.3 is 0 Å². The third kappa shape index (κ3) is 4.26. The first-order valence-corrected chi connectivity index (χ1v) is 14.0. The van der Waals surface area contributed by atoms with Crippen LogP contribution in [0.1, 0.15) is 37.8 Å². The molecule has 35 heavy (non-hydrogen) atoms. The summed E-state index contributed by atoms with van der Waals surface area (Å²) in [7, 11) is -3.63. The van der Waals surface area contributed by atoms with Gasteiger partial charge in [-0.2, -0.15) is 14.4 Å². The summed E-state index contributed by atoms with van der Waals surface area (Å²) in [6.07, 6.45) is 5.66. The van der Waals surface area contributed by atoms with Gasteiger partial charge in [-0.05, 0) is 56.2 Å². The molecule has 0 amide bonds. The number of hydrogen-bond acceptors (Lipinski definition) is 9. The van der Waals surface area contributed by atoms with Crippen LogP contribution in [0.5, 0.6) is 0 Å². The Morgan fingerprint density at radius 3 is 2.69 bits per heavy atom. The highest BCUT2D eigenvalue weighted by molar-refractivity contribution is 7.89. The van der Waals surface area contributed by atoms with Gasteiger partial charge in [-0.3, -0.25) is 5.10 Å². The normalized spacial score (nSPS) is 22.8. The Kier molecular flexibility index (Phi) is 5.66. The maximum absolute atomic E-state index is 13.4. The number of H-pyrrole nitrogens is 1. The summed E-state index contributed by atoms with van der Waals surface area (Å²) < 4.78 is 28.5. The second-order valence-corrected chi connectivity index (χ2v) is 11.8. The minimum absolute atomic E-state index is 0.0675. The van der Waals surface area contributed by atoms with Crippen molar-refractivity contribution in [2.24, 2.45) is 0 Å². The van der Waals surface area contributed by atoms with Crippen LogP contribution in [-0.4, -0.2) is 56.0 Å². The van der Waals surface area contributed by atoms with Gasteiger partial charge in [0.2, 0.25) is 5.95 Å². The minimum atomic E-state index is -3.63. The van der Waals surface area contributed by atoms with Gasteiger partial charge in [0.1, 0.15) is 10.6 Å². The summed E-state index contributed by atoms with van der Waals surface area (Å²) in [5.41, 5.74) is 0.959. The Labute approximate surface area is 207 Å². The molecule has 1 unspecified atom stereocenters. The zero-order valence-corrected chi connectivity index (χ0v) is 20.8. The summed E-state index contributed by atoms with van der Waals surface area (Å²) in [5, 5.41) is 17.1. The van der Waals surface area contributed by atoms with E-state index in [1.54, 1.807) is 33.8 Å². The number of aromatic amines is 1. The minimum Gasteiger partial charge on any atom is -0.351 e. The van der Waals surface area contributed by atoms with Gasteiger partial charge in [-0.15, -0.1) is 11.3 Å². The van der Waals surface area contributed by atoms with Crippen LogP contribution in [0.4, 0.5) is 17.6 Å².